The van der Waals surface area contributed by atoms with E-state index in [1.165, 1.54) is 5.56 Å². The lowest BCUT2D eigenvalue weighted by atomic mass is 9.69. The lowest BCUT2D eigenvalue weighted by molar-refractivity contribution is -0.141. The van der Waals surface area contributed by atoms with E-state index < -0.39 is 5.97 Å². The Morgan fingerprint density at radius 1 is 1.17 bits per heavy atom. The van der Waals surface area contributed by atoms with Crippen LogP contribution in [0.5, 0.6) is 0 Å². The van der Waals surface area contributed by atoms with Crippen molar-refractivity contribution in [3.8, 4) is 0 Å². The largest absolute Gasteiger partial charge is 0.481 e. The van der Waals surface area contributed by atoms with Crippen molar-refractivity contribution in [3.63, 3.8) is 0 Å². The quantitative estimate of drug-likeness (QED) is 0.919. The maximum absolute atomic E-state index is 12.3. The second-order valence-electron chi connectivity index (χ2n) is 6.75. The first kappa shape index (κ1) is 16.0. The number of carbonyl (C=O) groups excluding carboxylic acids is 1. The van der Waals surface area contributed by atoms with Crippen LogP contribution >= 0.6 is 0 Å². The van der Waals surface area contributed by atoms with Gasteiger partial charge in [-0.25, -0.2) is 0 Å². The SMILES string of the molecule is CN1CC[C@]2(c3ccccc3)CCN(C(=O)CCC(=O)O)C[C@H]12. The molecule has 0 spiro atoms. The van der Waals surface area contributed by atoms with Gasteiger partial charge in [-0.05, 0) is 32.0 Å². The fourth-order valence-corrected chi connectivity index (χ4v) is 4.21. The molecule has 0 saturated carbocycles. The summed E-state index contributed by atoms with van der Waals surface area (Å²) in [7, 11) is 2.13. The first-order valence-corrected chi connectivity index (χ1v) is 8.28. The highest BCUT2D eigenvalue weighted by Crippen LogP contribution is 2.45. The number of nitrogens with zero attached hydrogens (tertiary/aromatic N) is 2. The minimum absolute atomic E-state index is 0.0330. The summed E-state index contributed by atoms with van der Waals surface area (Å²) in [6.07, 6.45) is 2.09. The number of hydrogen-bond donors (Lipinski definition) is 1. The fourth-order valence-electron chi connectivity index (χ4n) is 4.21. The molecule has 0 bridgehead atoms. The van der Waals surface area contributed by atoms with E-state index in [4.69, 9.17) is 5.11 Å². The average Bonchev–Trinajstić information content (AvgIpc) is 2.91. The van der Waals surface area contributed by atoms with Gasteiger partial charge in [0.2, 0.25) is 5.91 Å². The predicted molar refractivity (Wildman–Crippen MR) is 87.2 cm³/mol. The van der Waals surface area contributed by atoms with Gasteiger partial charge >= 0.3 is 5.97 Å². The number of aliphatic carboxylic acids is 1. The van der Waals surface area contributed by atoms with Crippen LogP contribution in [-0.4, -0.2) is 59.5 Å². The molecule has 2 heterocycles. The number of piperidine rings is 1. The van der Waals surface area contributed by atoms with Crippen LogP contribution in [0.4, 0.5) is 0 Å². The molecule has 3 rings (SSSR count). The third-order valence-corrected chi connectivity index (χ3v) is 5.56. The van der Waals surface area contributed by atoms with Crippen LogP contribution < -0.4 is 0 Å². The second-order valence-corrected chi connectivity index (χ2v) is 6.75. The molecule has 0 radical (unpaired) electrons. The molecule has 5 heteroatoms. The van der Waals surface area contributed by atoms with Crippen molar-refractivity contribution in [3.05, 3.63) is 35.9 Å². The molecule has 0 unspecified atom stereocenters. The summed E-state index contributed by atoms with van der Waals surface area (Å²) >= 11 is 0. The maximum atomic E-state index is 12.3. The van der Waals surface area contributed by atoms with Crippen LogP contribution in [0.1, 0.15) is 31.2 Å². The Bertz CT molecular complexity index is 589. The van der Waals surface area contributed by atoms with E-state index in [1.807, 2.05) is 11.0 Å². The number of carboxylic acids is 1. The van der Waals surface area contributed by atoms with Crippen molar-refractivity contribution in [2.24, 2.45) is 0 Å². The number of likely N-dealkylation sites (N-methyl/N-ethyl adjacent to an activating group) is 1. The van der Waals surface area contributed by atoms with Crippen molar-refractivity contribution < 1.29 is 14.7 Å². The molecule has 5 nitrogen and oxygen atoms in total. The molecule has 2 fully saturated rings. The summed E-state index contributed by atoms with van der Waals surface area (Å²) in [5.41, 5.74) is 1.49. The maximum Gasteiger partial charge on any atom is 0.303 e. The molecule has 1 aromatic rings. The van der Waals surface area contributed by atoms with Gasteiger partial charge in [0.1, 0.15) is 0 Å². The standard InChI is InChI=1S/C18H24N2O3/c1-19-11-9-18(14-5-3-2-4-6-14)10-12-20(13-15(18)19)16(21)7-8-17(22)23/h2-6,15H,7-13H2,1H3,(H,22,23)/t15-,18+/m0/s1. The first-order chi connectivity index (χ1) is 11.0. The molecule has 2 aliphatic rings. The smallest absolute Gasteiger partial charge is 0.303 e. The van der Waals surface area contributed by atoms with E-state index in [-0.39, 0.29) is 24.2 Å². The number of fused-ring (bicyclic) bond motifs is 1. The number of benzene rings is 1. The number of carbonyl (C=O) groups is 2. The minimum atomic E-state index is -0.910. The molecular weight excluding hydrogens is 292 g/mol. The van der Waals surface area contributed by atoms with Crippen LogP contribution in [-0.2, 0) is 15.0 Å². The summed E-state index contributed by atoms with van der Waals surface area (Å²) in [5, 5.41) is 8.76. The Kier molecular flexibility index (Phi) is 4.39. The van der Waals surface area contributed by atoms with Gasteiger partial charge in [-0.15, -0.1) is 0 Å². The van der Waals surface area contributed by atoms with E-state index >= 15 is 0 Å². The number of hydrogen-bond acceptors (Lipinski definition) is 3. The molecule has 124 valence electrons. The van der Waals surface area contributed by atoms with Crippen LogP contribution in [0.3, 0.4) is 0 Å². The summed E-state index contributed by atoms with van der Waals surface area (Å²) in [6.45, 7) is 2.46. The van der Waals surface area contributed by atoms with Crippen LogP contribution in [0.25, 0.3) is 0 Å². The van der Waals surface area contributed by atoms with Gasteiger partial charge in [-0.3, -0.25) is 9.59 Å². The molecule has 2 aliphatic heterocycles. The van der Waals surface area contributed by atoms with Gasteiger partial charge in [-0.2, -0.15) is 0 Å². The summed E-state index contributed by atoms with van der Waals surface area (Å²) in [6, 6.07) is 10.9. The van der Waals surface area contributed by atoms with Crippen molar-refractivity contribution in [1.29, 1.82) is 0 Å². The third kappa shape index (κ3) is 2.98. The molecule has 23 heavy (non-hydrogen) atoms. The van der Waals surface area contributed by atoms with Crippen molar-refractivity contribution >= 4 is 11.9 Å². The van der Waals surface area contributed by atoms with E-state index in [1.54, 1.807) is 0 Å². The normalized spacial score (nSPS) is 27.7. The molecule has 2 saturated heterocycles. The summed E-state index contributed by atoms with van der Waals surface area (Å²) in [5.74, 6) is -0.943. The zero-order valence-electron chi connectivity index (χ0n) is 13.6. The van der Waals surface area contributed by atoms with E-state index in [0.29, 0.717) is 12.6 Å². The van der Waals surface area contributed by atoms with Gasteiger partial charge in [0.05, 0.1) is 6.42 Å². The molecule has 1 N–H and O–H groups in total. The van der Waals surface area contributed by atoms with Crippen molar-refractivity contribution in [2.45, 2.75) is 37.1 Å². The molecule has 2 atom stereocenters. The third-order valence-electron chi connectivity index (χ3n) is 5.56. The summed E-state index contributed by atoms with van der Waals surface area (Å²) in [4.78, 5) is 27.2. The van der Waals surface area contributed by atoms with Crippen molar-refractivity contribution in [2.75, 3.05) is 26.7 Å². The fraction of sp³-hybridized carbons (Fsp3) is 0.556. The van der Waals surface area contributed by atoms with Gasteiger partial charge < -0.3 is 14.9 Å². The Morgan fingerprint density at radius 2 is 1.87 bits per heavy atom. The minimum Gasteiger partial charge on any atom is -0.481 e. The highest BCUT2D eigenvalue weighted by atomic mass is 16.4. The number of carboxylic acid groups (broad SMARTS) is 1. The monoisotopic (exact) mass is 316 g/mol. The van der Waals surface area contributed by atoms with E-state index in [0.717, 1.165) is 25.9 Å². The predicted octanol–water partition coefficient (Wildman–Crippen LogP) is 1.73. The lowest BCUT2D eigenvalue weighted by Crippen LogP contribution is -2.56. The molecule has 1 aromatic carbocycles. The molecular formula is C18H24N2O3. The second kappa shape index (κ2) is 6.32. The van der Waals surface area contributed by atoms with Gasteiger partial charge in [-0.1, -0.05) is 30.3 Å². The zero-order chi connectivity index (χ0) is 16.4. The Balaban J connectivity index is 1.77. The Hall–Kier alpha value is -1.88. The van der Waals surface area contributed by atoms with Gasteiger partial charge in [0.25, 0.3) is 0 Å². The average molecular weight is 316 g/mol. The Labute approximate surface area is 136 Å². The summed E-state index contributed by atoms with van der Waals surface area (Å²) < 4.78 is 0. The lowest BCUT2D eigenvalue weighted by Gasteiger charge is -2.46. The van der Waals surface area contributed by atoms with Crippen LogP contribution in [0, 0.1) is 0 Å². The number of amides is 1. The van der Waals surface area contributed by atoms with E-state index in [9.17, 15) is 9.59 Å². The highest BCUT2D eigenvalue weighted by molar-refractivity contribution is 5.81. The molecule has 0 aromatic heterocycles. The van der Waals surface area contributed by atoms with Crippen LogP contribution in [0.2, 0.25) is 0 Å². The van der Waals surface area contributed by atoms with Gasteiger partial charge in [0, 0.05) is 31.0 Å². The van der Waals surface area contributed by atoms with E-state index in [2.05, 4.69) is 36.2 Å². The van der Waals surface area contributed by atoms with Crippen molar-refractivity contribution in [1.82, 2.24) is 9.80 Å². The highest BCUT2D eigenvalue weighted by Gasteiger charge is 2.50. The molecule has 1 amide bonds. The number of likely N-dealkylation sites (tertiary alicyclic amines) is 2. The topological polar surface area (TPSA) is 60.9 Å². The first-order valence-electron chi connectivity index (χ1n) is 8.28. The van der Waals surface area contributed by atoms with Crippen LogP contribution in [0.15, 0.2) is 30.3 Å². The number of rotatable bonds is 4. The molecule has 0 aliphatic carbocycles. The zero-order valence-corrected chi connectivity index (χ0v) is 13.6. The Morgan fingerprint density at radius 3 is 2.57 bits per heavy atom. The van der Waals surface area contributed by atoms with Gasteiger partial charge in [0.15, 0.2) is 0 Å².